The minimum absolute atomic E-state index is 0.0654. The maximum absolute atomic E-state index is 12.1. The van der Waals surface area contributed by atoms with Gasteiger partial charge in [0.05, 0.1) is 10.3 Å². The number of hydrogen-bond acceptors (Lipinski definition) is 4. The van der Waals surface area contributed by atoms with E-state index in [0.29, 0.717) is 18.1 Å². The molecular formula is C18H21BrClN3OS. The number of rotatable bonds is 6. The molecule has 3 rings (SSSR count). The van der Waals surface area contributed by atoms with Crippen molar-refractivity contribution in [1.29, 1.82) is 0 Å². The SMILES string of the molecule is O=C(CN1CCN(Cc2ccc(Br)s2)CC1)NCc1cccc(Cl)c1. The molecule has 134 valence electrons. The summed E-state index contributed by atoms with van der Waals surface area (Å²) >= 11 is 11.3. The minimum atomic E-state index is 0.0654. The van der Waals surface area contributed by atoms with Crippen LogP contribution in [0.5, 0.6) is 0 Å². The molecule has 0 spiro atoms. The normalized spacial score (nSPS) is 16.1. The van der Waals surface area contributed by atoms with Gasteiger partial charge in [0.25, 0.3) is 0 Å². The maximum atomic E-state index is 12.1. The first-order valence-corrected chi connectivity index (χ1v) is 10.3. The monoisotopic (exact) mass is 441 g/mol. The number of nitrogens with one attached hydrogen (secondary N) is 1. The highest BCUT2D eigenvalue weighted by Crippen LogP contribution is 2.23. The number of thiophene rings is 1. The van der Waals surface area contributed by atoms with Crippen LogP contribution in [0.1, 0.15) is 10.4 Å². The molecule has 2 heterocycles. The lowest BCUT2D eigenvalue weighted by atomic mass is 10.2. The summed E-state index contributed by atoms with van der Waals surface area (Å²) in [5.41, 5.74) is 1.02. The largest absolute Gasteiger partial charge is 0.351 e. The zero-order valence-electron chi connectivity index (χ0n) is 13.9. The van der Waals surface area contributed by atoms with Crippen LogP contribution in [0, 0.1) is 0 Å². The van der Waals surface area contributed by atoms with E-state index in [1.165, 1.54) is 8.66 Å². The van der Waals surface area contributed by atoms with Crippen LogP contribution < -0.4 is 5.32 Å². The van der Waals surface area contributed by atoms with E-state index in [2.05, 4.69) is 43.2 Å². The van der Waals surface area contributed by atoms with Gasteiger partial charge in [-0.3, -0.25) is 14.6 Å². The Balaban J connectivity index is 1.37. The number of carbonyl (C=O) groups is 1. The van der Waals surface area contributed by atoms with Gasteiger partial charge < -0.3 is 5.32 Å². The van der Waals surface area contributed by atoms with Gasteiger partial charge in [-0.2, -0.15) is 0 Å². The molecule has 1 aliphatic heterocycles. The van der Waals surface area contributed by atoms with E-state index < -0.39 is 0 Å². The van der Waals surface area contributed by atoms with E-state index >= 15 is 0 Å². The van der Waals surface area contributed by atoms with Crippen molar-refractivity contribution in [3.05, 3.63) is 55.6 Å². The zero-order chi connectivity index (χ0) is 17.6. The van der Waals surface area contributed by atoms with E-state index in [9.17, 15) is 4.79 Å². The summed E-state index contributed by atoms with van der Waals surface area (Å²) in [5, 5.41) is 3.67. The van der Waals surface area contributed by atoms with Gasteiger partial charge in [0, 0.05) is 49.2 Å². The summed E-state index contributed by atoms with van der Waals surface area (Å²) in [7, 11) is 0. The Labute approximate surface area is 165 Å². The smallest absolute Gasteiger partial charge is 0.234 e. The summed E-state index contributed by atoms with van der Waals surface area (Å²) in [4.78, 5) is 18.2. The van der Waals surface area contributed by atoms with Gasteiger partial charge in [0.15, 0.2) is 0 Å². The van der Waals surface area contributed by atoms with Crippen molar-refractivity contribution < 1.29 is 4.79 Å². The highest BCUT2D eigenvalue weighted by molar-refractivity contribution is 9.11. The molecule has 4 nitrogen and oxygen atoms in total. The Morgan fingerprint density at radius 2 is 1.92 bits per heavy atom. The van der Waals surface area contributed by atoms with E-state index in [4.69, 9.17) is 11.6 Å². The summed E-state index contributed by atoms with van der Waals surface area (Å²) in [6.07, 6.45) is 0. The fraction of sp³-hybridized carbons (Fsp3) is 0.389. The van der Waals surface area contributed by atoms with Crippen molar-refractivity contribution >= 4 is 44.8 Å². The van der Waals surface area contributed by atoms with Gasteiger partial charge in [0.1, 0.15) is 0 Å². The Morgan fingerprint density at radius 3 is 2.60 bits per heavy atom. The van der Waals surface area contributed by atoms with Crippen LogP contribution in [-0.4, -0.2) is 48.4 Å². The van der Waals surface area contributed by atoms with Gasteiger partial charge in [0.2, 0.25) is 5.91 Å². The second kappa shape index (κ2) is 9.14. The molecule has 1 aromatic heterocycles. The van der Waals surface area contributed by atoms with Gasteiger partial charge in [-0.25, -0.2) is 0 Å². The molecule has 0 saturated carbocycles. The van der Waals surface area contributed by atoms with Crippen molar-refractivity contribution in [2.75, 3.05) is 32.7 Å². The third-order valence-electron chi connectivity index (χ3n) is 4.22. The van der Waals surface area contributed by atoms with Crippen molar-refractivity contribution in [1.82, 2.24) is 15.1 Å². The number of hydrogen-bond donors (Lipinski definition) is 1. The van der Waals surface area contributed by atoms with Crippen LogP contribution in [0.2, 0.25) is 5.02 Å². The Morgan fingerprint density at radius 1 is 1.16 bits per heavy atom. The number of piperazine rings is 1. The summed E-state index contributed by atoms with van der Waals surface area (Å²) in [6.45, 7) is 5.82. The standard InChI is InChI=1S/C18H21BrClN3OS/c19-17-5-4-16(25-17)12-22-6-8-23(9-7-22)13-18(24)21-11-14-2-1-3-15(20)10-14/h1-5,10H,6-9,11-13H2,(H,21,24). The van der Waals surface area contributed by atoms with Crippen molar-refractivity contribution in [3.8, 4) is 0 Å². The number of carbonyl (C=O) groups excluding carboxylic acids is 1. The first-order chi connectivity index (χ1) is 12.1. The third kappa shape index (κ3) is 6.08. The molecule has 0 bridgehead atoms. The average molecular weight is 443 g/mol. The maximum Gasteiger partial charge on any atom is 0.234 e. The van der Waals surface area contributed by atoms with E-state index in [1.807, 2.05) is 24.3 Å². The van der Waals surface area contributed by atoms with Gasteiger partial charge in [-0.05, 0) is 45.8 Å². The van der Waals surface area contributed by atoms with Crippen LogP contribution in [0.25, 0.3) is 0 Å². The molecule has 1 N–H and O–H groups in total. The molecule has 1 aromatic carbocycles. The van der Waals surface area contributed by atoms with Crippen LogP contribution >= 0.6 is 38.9 Å². The molecule has 0 atom stereocenters. The number of nitrogens with zero attached hydrogens (tertiary/aromatic N) is 2. The lowest BCUT2D eigenvalue weighted by molar-refractivity contribution is -0.122. The molecule has 1 aliphatic rings. The molecule has 0 aliphatic carbocycles. The zero-order valence-corrected chi connectivity index (χ0v) is 17.0. The Bertz CT molecular complexity index is 716. The number of benzene rings is 1. The first-order valence-electron chi connectivity index (χ1n) is 8.28. The Hall–Kier alpha value is -0.920. The second-order valence-corrected chi connectivity index (χ2v) is 9.15. The predicted molar refractivity (Wildman–Crippen MR) is 107 cm³/mol. The van der Waals surface area contributed by atoms with Crippen LogP contribution in [-0.2, 0) is 17.9 Å². The first kappa shape index (κ1) is 18.9. The molecule has 1 fully saturated rings. The second-order valence-electron chi connectivity index (χ2n) is 6.16. The fourth-order valence-electron chi connectivity index (χ4n) is 2.87. The van der Waals surface area contributed by atoms with E-state index in [-0.39, 0.29) is 5.91 Å². The molecule has 1 saturated heterocycles. The highest BCUT2D eigenvalue weighted by Gasteiger charge is 2.19. The van der Waals surface area contributed by atoms with Crippen LogP contribution in [0.3, 0.4) is 0 Å². The average Bonchev–Trinajstić information content (AvgIpc) is 3.00. The molecule has 0 radical (unpaired) electrons. The van der Waals surface area contributed by atoms with Crippen molar-refractivity contribution in [2.45, 2.75) is 13.1 Å². The van der Waals surface area contributed by atoms with Gasteiger partial charge >= 0.3 is 0 Å². The number of amides is 1. The summed E-state index contributed by atoms with van der Waals surface area (Å²) < 4.78 is 1.18. The lowest BCUT2D eigenvalue weighted by Gasteiger charge is -2.34. The van der Waals surface area contributed by atoms with E-state index in [1.54, 1.807) is 11.3 Å². The topological polar surface area (TPSA) is 35.6 Å². The van der Waals surface area contributed by atoms with Crippen LogP contribution in [0.15, 0.2) is 40.2 Å². The minimum Gasteiger partial charge on any atom is -0.351 e. The summed E-state index contributed by atoms with van der Waals surface area (Å²) in [5.74, 6) is 0.0654. The molecule has 1 amide bonds. The molecular weight excluding hydrogens is 422 g/mol. The molecule has 0 unspecified atom stereocenters. The van der Waals surface area contributed by atoms with Crippen molar-refractivity contribution in [3.63, 3.8) is 0 Å². The molecule has 25 heavy (non-hydrogen) atoms. The summed E-state index contributed by atoms with van der Waals surface area (Å²) in [6, 6.07) is 11.8. The fourth-order valence-corrected chi connectivity index (χ4v) is 4.61. The molecule has 2 aromatic rings. The highest BCUT2D eigenvalue weighted by atomic mass is 79.9. The quantitative estimate of drug-likeness (QED) is 0.742. The van der Waals surface area contributed by atoms with Gasteiger partial charge in [-0.1, -0.05) is 23.7 Å². The van der Waals surface area contributed by atoms with Crippen molar-refractivity contribution in [2.24, 2.45) is 0 Å². The Kier molecular flexibility index (Phi) is 6.90. The third-order valence-corrected chi connectivity index (χ3v) is 6.06. The number of halogens is 2. The molecule has 7 heteroatoms. The van der Waals surface area contributed by atoms with Gasteiger partial charge in [-0.15, -0.1) is 11.3 Å². The van der Waals surface area contributed by atoms with E-state index in [0.717, 1.165) is 38.3 Å². The predicted octanol–water partition coefficient (Wildman–Crippen LogP) is 3.60. The van der Waals surface area contributed by atoms with Crippen LogP contribution in [0.4, 0.5) is 0 Å². The lowest BCUT2D eigenvalue weighted by Crippen LogP contribution is -2.48.